The number of hydrogen-bond acceptors (Lipinski definition) is 4. The zero-order valence-corrected chi connectivity index (χ0v) is 13.6. The van der Waals surface area contributed by atoms with Gasteiger partial charge in [-0.3, -0.25) is 4.79 Å². The third-order valence-corrected chi connectivity index (χ3v) is 5.33. The molecule has 126 valence electrons. The fourth-order valence-electron chi connectivity index (χ4n) is 4.23. The molecule has 1 saturated carbocycles. The first-order valence-electron chi connectivity index (χ1n) is 8.47. The Balaban J connectivity index is 1.70. The summed E-state index contributed by atoms with van der Waals surface area (Å²) in [6.07, 6.45) is 4.57. The van der Waals surface area contributed by atoms with Gasteiger partial charge in [-0.05, 0) is 44.2 Å². The van der Waals surface area contributed by atoms with E-state index < -0.39 is 12.0 Å². The largest absolute Gasteiger partial charge is 0.480 e. The molecule has 0 aromatic carbocycles. The molecule has 0 spiro atoms. The van der Waals surface area contributed by atoms with Gasteiger partial charge in [0.05, 0.1) is 0 Å². The number of likely N-dealkylation sites (tertiary alicyclic amines) is 1. The lowest BCUT2D eigenvalue weighted by molar-refractivity contribution is -0.141. The van der Waals surface area contributed by atoms with Crippen LogP contribution in [0.5, 0.6) is 0 Å². The van der Waals surface area contributed by atoms with Crippen LogP contribution in [-0.4, -0.2) is 39.0 Å². The molecule has 0 unspecified atom stereocenters. The maximum atomic E-state index is 13.0. The molecule has 1 saturated heterocycles. The number of aromatic nitrogens is 1. The minimum atomic E-state index is -0.928. The SMILES string of the molecule is Cc1ccc2oc(C(=O)N3[C@@H]4CCCC[C@H]4C[C@H]3C(=O)O)cc2n1. The highest BCUT2D eigenvalue weighted by Gasteiger charge is 2.48. The van der Waals surface area contributed by atoms with Gasteiger partial charge in [0, 0.05) is 17.8 Å². The summed E-state index contributed by atoms with van der Waals surface area (Å²) in [6, 6.07) is 4.49. The monoisotopic (exact) mass is 328 g/mol. The highest BCUT2D eigenvalue weighted by molar-refractivity contribution is 5.98. The van der Waals surface area contributed by atoms with E-state index in [9.17, 15) is 14.7 Å². The van der Waals surface area contributed by atoms with Crippen LogP contribution >= 0.6 is 0 Å². The molecular formula is C18H20N2O4. The van der Waals surface area contributed by atoms with E-state index in [-0.39, 0.29) is 23.6 Å². The van der Waals surface area contributed by atoms with Crippen LogP contribution < -0.4 is 0 Å². The molecular weight excluding hydrogens is 308 g/mol. The fraction of sp³-hybridized carbons (Fsp3) is 0.500. The number of carboxylic acid groups (broad SMARTS) is 1. The van der Waals surface area contributed by atoms with Crippen molar-refractivity contribution in [1.29, 1.82) is 0 Å². The number of furan rings is 1. The van der Waals surface area contributed by atoms with Crippen LogP contribution in [0.15, 0.2) is 22.6 Å². The molecule has 3 atom stereocenters. The topological polar surface area (TPSA) is 83.6 Å². The minimum Gasteiger partial charge on any atom is -0.480 e. The van der Waals surface area contributed by atoms with Crippen molar-refractivity contribution in [3.63, 3.8) is 0 Å². The van der Waals surface area contributed by atoms with Gasteiger partial charge in [-0.15, -0.1) is 0 Å². The van der Waals surface area contributed by atoms with E-state index in [1.54, 1.807) is 17.0 Å². The second-order valence-electron chi connectivity index (χ2n) is 6.86. The van der Waals surface area contributed by atoms with Crippen LogP contribution in [0.1, 0.15) is 48.4 Å². The number of rotatable bonds is 2. The van der Waals surface area contributed by atoms with Gasteiger partial charge in [-0.25, -0.2) is 9.78 Å². The van der Waals surface area contributed by atoms with Gasteiger partial charge in [0.25, 0.3) is 5.91 Å². The number of pyridine rings is 1. The predicted octanol–water partition coefficient (Wildman–Crippen LogP) is 2.99. The van der Waals surface area contributed by atoms with E-state index >= 15 is 0 Å². The van der Waals surface area contributed by atoms with E-state index in [4.69, 9.17) is 4.42 Å². The Morgan fingerprint density at radius 2 is 2.08 bits per heavy atom. The summed E-state index contributed by atoms with van der Waals surface area (Å²) >= 11 is 0. The van der Waals surface area contributed by atoms with Crippen LogP contribution in [-0.2, 0) is 4.79 Å². The van der Waals surface area contributed by atoms with E-state index in [1.807, 2.05) is 13.0 Å². The van der Waals surface area contributed by atoms with Crippen LogP contribution in [0, 0.1) is 12.8 Å². The van der Waals surface area contributed by atoms with Crippen molar-refractivity contribution in [2.45, 2.75) is 51.1 Å². The number of carbonyl (C=O) groups excluding carboxylic acids is 1. The molecule has 2 fully saturated rings. The van der Waals surface area contributed by atoms with Crippen LogP contribution in [0.25, 0.3) is 11.1 Å². The number of carbonyl (C=O) groups is 2. The first kappa shape index (κ1) is 15.2. The van der Waals surface area contributed by atoms with E-state index in [2.05, 4.69) is 4.98 Å². The summed E-state index contributed by atoms with van der Waals surface area (Å²) in [5.74, 6) is -0.788. The molecule has 1 aliphatic heterocycles. The first-order chi connectivity index (χ1) is 11.5. The van der Waals surface area contributed by atoms with Crippen molar-refractivity contribution in [3.05, 3.63) is 29.7 Å². The number of aryl methyl sites for hydroxylation is 1. The van der Waals surface area contributed by atoms with Crippen molar-refractivity contribution < 1.29 is 19.1 Å². The fourth-order valence-corrected chi connectivity index (χ4v) is 4.23. The van der Waals surface area contributed by atoms with Crippen molar-refractivity contribution in [1.82, 2.24) is 9.88 Å². The first-order valence-corrected chi connectivity index (χ1v) is 8.47. The summed E-state index contributed by atoms with van der Waals surface area (Å²) in [4.78, 5) is 30.6. The van der Waals surface area contributed by atoms with Crippen molar-refractivity contribution in [2.75, 3.05) is 0 Å². The zero-order valence-electron chi connectivity index (χ0n) is 13.6. The number of hydrogen-bond donors (Lipinski definition) is 1. The Morgan fingerprint density at radius 1 is 1.29 bits per heavy atom. The van der Waals surface area contributed by atoms with Crippen LogP contribution in [0.3, 0.4) is 0 Å². The van der Waals surface area contributed by atoms with Gasteiger partial charge >= 0.3 is 5.97 Å². The Morgan fingerprint density at radius 3 is 2.88 bits per heavy atom. The molecule has 24 heavy (non-hydrogen) atoms. The lowest BCUT2D eigenvalue weighted by atomic mass is 9.84. The van der Waals surface area contributed by atoms with Crippen LogP contribution in [0.4, 0.5) is 0 Å². The zero-order chi connectivity index (χ0) is 16.8. The van der Waals surface area contributed by atoms with Gasteiger partial charge in [-0.1, -0.05) is 12.8 Å². The molecule has 6 heteroatoms. The Kier molecular flexibility index (Phi) is 3.55. The summed E-state index contributed by atoms with van der Waals surface area (Å²) in [7, 11) is 0. The molecule has 1 aliphatic carbocycles. The Bertz CT molecular complexity index is 812. The number of nitrogens with zero attached hydrogens (tertiary/aromatic N) is 2. The molecule has 0 bridgehead atoms. The Hall–Kier alpha value is -2.37. The number of aliphatic carboxylic acids is 1. The number of fused-ring (bicyclic) bond motifs is 2. The van der Waals surface area contributed by atoms with Crippen molar-refractivity contribution >= 4 is 23.0 Å². The maximum Gasteiger partial charge on any atom is 0.326 e. The van der Waals surface area contributed by atoms with Gasteiger partial charge in [-0.2, -0.15) is 0 Å². The number of carboxylic acids is 1. The van der Waals surface area contributed by atoms with E-state index in [0.717, 1.165) is 31.4 Å². The third kappa shape index (κ3) is 2.37. The molecule has 6 nitrogen and oxygen atoms in total. The molecule has 2 aromatic heterocycles. The summed E-state index contributed by atoms with van der Waals surface area (Å²) < 4.78 is 5.66. The predicted molar refractivity (Wildman–Crippen MR) is 86.7 cm³/mol. The quantitative estimate of drug-likeness (QED) is 0.916. The third-order valence-electron chi connectivity index (χ3n) is 5.33. The maximum absolute atomic E-state index is 13.0. The van der Waals surface area contributed by atoms with Gasteiger partial charge in [0.2, 0.25) is 0 Å². The molecule has 2 aromatic rings. The van der Waals surface area contributed by atoms with Crippen LogP contribution in [0.2, 0.25) is 0 Å². The van der Waals surface area contributed by atoms with E-state index in [0.29, 0.717) is 17.5 Å². The second kappa shape index (κ2) is 5.61. The van der Waals surface area contributed by atoms with Crippen molar-refractivity contribution in [2.24, 2.45) is 5.92 Å². The second-order valence-corrected chi connectivity index (χ2v) is 6.86. The highest BCUT2D eigenvalue weighted by Crippen LogP contribution is 2.40. The average molecular weight is 328 g/mol. The van der Waals surface area contributed by atoms with Crippen molar-refractivity contribution in [3.8, 4) is 0 Å². The standard InChI is InChI=1S/C18H20N2O4/c1-10-6-7-15-12(19-10)9-16(24-15)17(21)20-13-5-3-2-4-11(13)8-14(20)18(22)23/h6-7,9,11,13-14H,2-5,8H2,1H3,(H,22,23)/t11-,13+,14-/m0/s1. The van der Waals surface area contributed by atoms with Gasteiger partial charge in [0.15, 0.2) is 11.3 Å². The Labute approximate surface area is 139 Å². The minimum absolute atomic E-state index is 0.00950. The smallest absolute Gasteiger partial charge is 0.326 e. The van der Waals surface area contributed by atoms with Gasteiger partial charge < -0.3 is 14.4 Å². The molecule has 0 radical (unpaired) electrons. The molecule has 4 rings (SSSR count). The molecule has 1 N–H and O–H groups in total. The molecule has 2 aliphatic rings. The lowest BCUT2D eigenvalue weighted by Crippen LogP contribution is -2.46. The summed E-state index contributed by atoms with van der Waals surface area (Å²) in [5.41, 5.74) is 2.03. The molecule has 1 amide bonds. The average Bonchev–Trinajstić information content (AvgIpc) is 3.15. The normalized spacial score (nSPS) is 26.5. The highest BCUT2D eigenvalue weighted by atomic mass is 16.4. The lowest BCUT2D eigenvalue weighted by Gasteiger charge is -2.32. The van der Waals surface area contributed by atoms with Gasteiger partial charge in [0.1, 0.15) is 11.6 Å². The van der Waals surface area contributed by atoms with E-state index in [1.165, 1.54) is 0 Å². The summed E-state index contributed by atoms with van der Waals surface area (Å²) in [6.45, 7) is 1.88. The summed E-state index contributed by atoms with van der Waals surface area (Å²) in [5, 5.41) is 9.57. The number of amides is 1. The molecule has 3 heterocycles.